The molecule has 4 nitrogen and oxygen atoms in total. The zero-order valence-electron chi connectivity index (χ0n) is 11.4. The van der Waals surface area contributed by atoms with Gasteiger partial charge in [-0.05, 0) is 44.2 Å². The Bertz CT molecular complexity index is 443. The highest BCUT2D eigenvalue weighted by molar-refractivity contribution is 5.78. The van der Waals surface area contributed by atoms with Gasteiger partial charge in [-0.2, -0.15) is 0 Å². The molecule has 0 aliphatic heterocycles. The van der Waals surface area contributed by atoms with Crippen LogP contribution in [0.4, 0.5) is 5.69 Å². The van der Waals surface area contributed by atoms with Crippen molar-refractivity contribution in [2.45, 2.75) is 45.3 Å². The Morgan fingerprint density at radius 1 is 1.53 bits per heavy atom. The highest BCUT2D eigenvalue weighted by Crippen LogP contribution is 2.34. The van der Waals surface area contributed by atoms with E-state index in [9.17, 15) is 9.90 Å². The molecule has 1 aliphatic carbocycles. The number of carbonyl (C=O) groups is 1. The molecule has 0 bridgehead atoms. The van der Waals surface area contributed by atoms with Crippen LogP contribution in [0.2, 0.25) is 0 Å². The van der Waals surface area contributed by atoms with E-state index in [0.717, 1.165) is 30.7 Å². The summed E-state index contributed by atoms with van der Waals surface area (Å²) in [5.74, 6) is 0.256. The summed E-state index contributed by atoms with van der Waals surface area (Å²) in [4.78, 5) is 11.2. The Morgan fingerprint density at radius 2 is 2.26 bits per heavy atom. The summed E-state index contributed by atoms with van der Waals surface area (Å²) in [6, 6.07) is 7.03. The SMILES string of the molecule is CCC(C)Oc1cccc(NC(C(=O)O)C2CC2)c1. The smallest absolute Gasteiger partial charge is 0.326 e. The van der Waals surface area contributed by atoms with Crippen molar-refractivity contribution in [3.05, 3.63) is 24.3 Å². The average molecular weight is 263 g/mol. The van der Waals surface area contributed by atoms with E-state index >= 15 is 0 Å². The van der Waals surface area contributed by atoms with Crippen LogP contribution in [-0.2, 0) is 4.79 Å². The molecular weight excluding hydrogens is 242 g/mol. The van der Waals surface area contributed by atoms with Crippen molar-refractivity contribution in [1.82, 2.24) is 0 Å². The quantitative estimate of drug-likeness (QED) is 0.793. The Balaban J connectivity index is 2.03. The molecule has 0 radical (unpaired) electrons. The van der Waals surface area contributed by atoms with Crippen LogP contribution in [0.5, 0.6) is 5.75 Å². The molecule has 0 heterocycles. The Labute approximate surface area is 113 Å². The van der Waals surface area contributed by atoms with E-state index in [0.29, 0.717) is 0 Å². The first-order valence-corrected chi connectivity index (χ1v) is 6.86. The summed E-state index contributed by atoms with van der Waals surface area (Å²) in [7, 11) is 0. The zero-order chi connectivity index (χ0) is 13.8. The number of nitrogens with one attached hydrogen (secondary N) is 1. The molecule has 104 valence electrons. The molecular formula is C15H21NO3. The molecule has 0 saturated heterocycles. The minimum absolute atomic E-state index is 0.161. The standard InChI is InChI=1S/C15H21NO3/c1-3-10(2)19-13-6-4-5-12(9-13)16-14(15(17)18)11-7-8-11/h4-6,9-11,14,16H,3,7-8H2,1-2H3,(H,17,18). The molecule has 2 atom stereocenters. The second-order valence-electron chi connectivity index (χ2n) is 5.16. The molecule has 4 heteroatoms. The van der Waals surface area contributed by atoms with Crippen LogP contribution < -0.4 is 10.1 Å². The summed E-state index contributed by atoms with van der Waals surface area (Å²) in [6.07, 6.45) is 3.09. The molecule has 19 heavy (non-hydrogen) atoms. The normalized spacial score (nSPS) is 17.6. The first-order chi connectivity index (χ1) is 9.10. The molecule has 2 unspecified atom stereocenters. The fourth-order valence-corrected chi connectivity index (χ4v) is 1.97. The van der Waals surface area contributed by atoms with Gasteiger partial charge in [0.2, 0.25) is 0 Å². The van der Waals surface area contributed by atoms with Crippen molar-refractivity contribution < 1.29 is 14.6 Å². The minimum atomic E-state index is -0.782. The van der Waals surface area contributed by atoms with E-state index in [-0.39, 0.29) is 12.0 Å². The van der Waals surface area contributed by atoms with Gasteiger partial charge in [0.1, 0.15) is 11.8 Å². The predicted molar refractivity (Wildman–Crippen MR) is 74.6 cm³/mol. The molecule has 1 aromatic carbocycles. The molecule has 2 rings (SSSR count). The fraction of sp³-hybridized carbons (Fsp3) is 0.533. The van der Waals surface area contributed by atoms with Crippen LogP contribution in [0.25, 0.3) is 0 Å². The van der Waals surface area contributed by atoms with E-state index in [1.54, 1.807) is 0 Å². The second-order valence-corrected chi connectivity index (χ2v) is 5.16. The Kier molecular flexibility index (Phi) is 4.30. The lowest BCUT2D eigenvalue weighted by atomic mass is 10.1. The van der Waals surface area contributed by atoms with Gasteiger partial charge in [0.15, 0.2) is 0 Å². The van der Waals surface area contributed by atoms with E-state index in [2.05, 4.69) is 12.2 Å². The van der Waals surface area contributed by atoms with E-state index in [1.165, 1.54) is 0 Å². The Hall–Kier alpha value is -1.71. The van der Waals surface area contributed by atoms with Gasteiger partial charge in [-0.1, -0.05) is 13.0 Å². The highest BCUT2D eigenvalue weighted by atomic mass is 16.5. The zero-order valence-corrected chi connectivity index (χ0v) is 11.4. The number of hydrogen-bond donors (Lipinski definition) is 2. The lowest BCUT2D eigenvalue weighted by Crippen LogP contribution is -2.31. The summed E-state index contributed by atoms with van der Waals surface area (Å²) >= 11 is 0. The van der Waals surface area contributed by atoms with Gasteiger partial charge < -0.3 is 15.2 Å². The van der Waals surface area contributed by atoms with E-state index in [1.807, 2.05) is 31.2 Å². The molecule has 0 amide bonds. The highest BCUT2D eigenvalue weighted by Gasteiger charge is 2.36. The lowest BCUT2D eigenvalue weighted by Gasteiger charge is -2.17. The van der Waals surface area contributed by atoms with Crippen molar-refractivity contribution in [3.63, 3.8) is 0 Å². The monoisotopic (exact) mass is 263 g/mol. The maximum Gasteiger partial charge on any atom is 0.326 e. The minimum Gasteiger partial charge on any atom is -0.491 e. The van der Waals surface area contributed by atoms with Crippen LogP contribution in [0.15, 0.2) is 24.3 Å². The first kappa shape index (κ1) is 13.7. The number of hydrogen-bond acceptors (Lipinski definition) is 3. The van der Waals surface area contributed by atoms with Crippen molar-refractivity contribution in [3.8, 4) is 5.75 Å². The fourth-order valence-electron chi connectivity index (χ4n) is 1.97. The number of anilines is 1. The third kappa shape index (κ3) is 3.88. The summed E-state index contributed by atoms with van der Waals surface area (Å²) < 4.78 is 5.73. The van der Waals surface area contributed by atoms with Crippen LogP contribution in [0.1, 0.15) is 33.1 Å². The maximum atomic E-state index is 11.2. The number of rotatable bonds is 7. The summed E-state index contributed by atoms with van der Waals surface area (Å²) in [6.45, 7) is 4.09. The number of benzene rings is 1. The van der Waals surface area contributed by atoms with Gasteiger partial charge in [0.25, 0.3) is 0 Å². The molecule has 1 aromatic rings. The second kappa shape index (κ2) is 5.95. The van der Waals surface area contributed by atoms with Crippen LogP contribution in [-0.4, -0.2) is 23.2 Å². The van der Waals surface area contributed by atoms with Gasteiger partial charge in [-0.25, -0.2) is 4.79 Å². The topological polar surface area (TPSA) is 58.6 Å². The maximum absolute atomic E-state index is 11.2. The van der Waals surface area contributed by atoms with Crippen LogP contribution >= 0.6 is 0 Å². The number of carboxylic acids is 1. The summed E-state index contributed by atoms with van der Waals surface area (Å²) in [5.41, 5.74) is 0.806. The van der Waals surface area contributed by atoms with Crippen molar-refractivity contribution in [2.24, 2.45) is 5.92 Å². The van der Waals surface area contributed by atoms with Crippen LogP contribution in [0, 0.1) is 5.92 Å². The average Bonchev–Trinajstić information content (AvgIpc) is 3.20. The van der Waals surface area contributed by atoms with Gasteiger partial charge in [0, 0.05) is 11.8 Å². The molecule has 0 spiro atoms. The largest absolute Gasteiger partial charge is 0.491 e. The van der Waals surface area contributed by atoms with Crippen LogP contribution in [0.3, 0.4) is 0 Å². The third-order valence-corrected chi connectivity index (χ3v) is 3.43. The number of aliphatic carboxylic acids is 1. The van der Waals surface area contributed by atoms with Gasteiger partial charge in [-0.3, -0.25) is 0 Å². The molecule has 1 aliphatic rings. The molecule has 1 fully saturated rings. The van der Waals surface area contributed by atoms with Gasteiger partial charge in [-0.15, -0.1) is 0 Å². The number of ether oxygens (including phenoxy) is 1. The van der Waals surface area contributed by atoms with E-state index < -0.39 is 12.0 Å². The summed E-state index contributed by atoms with van der Waals surface area (Å²) in [5, 5.41) is 12.3. The first-order valence-electron chi connectivity index (χ1n) is 6.86. The predicted octanol–water partition coefficient (Wildman–Crippen LogP) is 3.14. The van der Waals surface area contributed by atoms with Crippen molar-refractivity contribution in [2.75, 3.05) is 5.32 Å². The van der Waals surface area contributed by atoms with E-state index in [4.69, 9.17) is 4.74 Å². The number of carboxylic acid groups (broad SMARTS) is 1. The molecule has 1 saturated carbocycles. The Morgan fingerprint density at radius 3 is 2.84 bits per heavy atom. The third-order valence-electron chi connectivity index (χ3n) is 3.43. The van der Waals surface area contributed by atoms with Crippen molar-refractivity contribution >= 4 is 11.7 Å². The van der Waals surface area contributed by atoms with Gasteiger partial charge >= 0.3 is 5.97 Å². The lowest BCUT2D eigenvalue weighted by molar-refractivity contribution is -0.138. The van der Waals surface area contributed by atoms with Crippen molar-refractivity contribution in [1.29, 1.82) is 0 Å². The van der Waals surface area contributed by atoms with Gasteiger partial charge in [0.05, 0.1) is 6.10 Å². The molecule has 0 aromatic heterocycles. The molecule has 2 N–H and O–H groups in total.